The highest BCUT2D eigenvalue weighted by atomic mass is 35.5. The van der Waals surface area contributed by atoms with Crippen molar-refractivity contribution in [2.75, 3.05) is 51.3 Å². The molecule has 0 spiro atoms. The molecule has 1 saturated heterocycles. The Morgan fingerprint density at radius 1 is 1.03 bits per heavy atom. The Morgan fingerprint density at radius 3 is 2.35 bits per heavy atom. The van der Waals surface area contributed by atoms with Gasteiger partial charge in [-0.3, -0.25) is 4.90 Å². The van der Waals surface area contributed by atoms with Crippen LogP contribution in [0, 0.1) is 13.8 Å². The van der Waals surface area contributed by atoms with Gasteiger partial charge in [0.2, 0.25) is 0 Å². The van der Waals surface area contributed by atoms with Gasteiger partial charge in [-0.15, -0.1) is 24.8 Å². The Balaban J connectivity index is 0.00000240. The second-order valence-corrected chi connectivity index (χ2v) is 7.51. The molecule has 172 valence electrons. The zero-order valence-electron chi connectivity index (χ0n) is 18.2. The average molecular weight is 471 g/mol. The lowest BCUT2D eigenvalue weighted by atomic mass is 10.1. The van der Waals surface area contributed by atoms with E-state index in [0.717, 1.165) is 26.2 Å². The number of β-amino-alcohol motifs (C(OH)–C–C–N with tert-alkyl or cyclic N) is 1. The second kappa shape index (κ2) is 12.8. The van der Waals surface area contributed by atoms with Gasteiger partial charge in [-0.25, -0.2) is 4.79 Å². The minimum atomic E-state index is -0.631. The van der Waals surface area contributed by atoms with Gasteiger partial charge in [0.15, 0.2) is 0 Å². The highest BCUT2D eigenvalue weighted by Gasteiger charge is 2.21. The number of esters is 1. The summed E-state index contributed by atoms with van der Waals surface area (Å²) < 4.78 is 10.5. The van der Waals surface area contributed by atoms with Gasteiger partial charge >= 0.3 is 5.97 Å². The molecule has 0 saturated carbocycles. The molecule has 3 rings (SSSR count). The Labute approximate surface area is 197 Å². The Kier molecular flexibility index (Phi) is 11.1. The molecule has 1 unspecified atom stereocenters. The minimum Gasteiger partial charge on any atom is -0.490 e. The lowest BCUT2D eigenvalue weighted by molar-refractivity contribution is 0.0563. The molecule has 1 aliphatic heterocycles. The Hall–Kier alpha value is -1.99. The van der Waals surface area contributed by atoms with E-state index >= 15 is 0 Å². The van der Waals surface area contributed by atoms with Crippen LogP contribution >= 0.6 is 24.8 Å². The predicted molar refractivity (Wildman–Crippen MR) is 128 cm³/mol. The van der Waals surface area contributed by atoms with E-state index in [-0.39, 0.29) is 31.4 Å². The topological polar surface area (TPSA) is 62.2 Å². The number of aliphatic hydroxyl groups is 1. The number of aliphatic hydroxyl groups excluding tert-OH is 1. The third-order valence-electron chi connectivity index (χ3n) is 5.42. The highest BCUT2D eigenvalue weighted by Crippen LogP contribution is 2.21. The van der Waals surface area contributed by atoms with E-state index in [1.165, 1.54) is 23.9 Å². The third kappa shape index (κ3) is 7.28. The lowest BCUT2D eigenvalue weighted by Gasteiger charge is -2.37. The van der Waals surface area contributed by atoms with Crippen LogP contribution in [0.4, 0.5) is 5.69 Å². The number of halogens is 2. The summed E-state index contributed by atoms with van der Waals surface area (Å²) in [6.07, 6.45) is -0.631. The molecule has 2 aromatic carbocycles. The number of para-hydroxylation sites is 1. The number of anilines is 1. The summed E-state index contributed by atoms with van der Waals surface area (Å²) in [5.74, 6) is -0.0180. The largest absolute Gasteiger partial charge is 0.490 e. The molecule has 1 fully saturated rings. The number of hydrogen-bond acceptors (Lipinski definition) is 6. The van der Waals surface area contributed by atoms with Crippen LogP contribution in [0.5, 0.6) is 5.75 Å². The molecule has 31 heavy (non-hydrogen) atoms. The summed E-state index contributed by atoms with van der Waals surface area (Å²) in [6.45, 7) is 8.59. The standard InChI is InChI=1S/C23H30N2O4.2ClH/c1-17-8-9-19(14-18(17)2)25-12-10-24(11-13-25)15-20(26)16-29-22-7-5-4-6-21(22)23(27)28-3;;/h4-9,14,20,26H,10-13,15-16H2,1-3H3;2*1H. The predicted octanol–water partition coefficient (Wildman–Crippen LogP) is 3.50. The number of ether oxygens (including phenoxy) is 2. The lowest BCUT2D eigenvalue weighted by Crippen LogP contribution is -2.49. The van der Waals surface area contributed by atoms with Gasteiger partial charge in [0, 0.05) is 38.4 Å². The average Bonchev–Trinajstić information content (AvgIpc) is 2.74. The van der Waals surface area contributed by atoms with Crippen molar-refractivity contribution in [1.82, 2.24) is 4.90 Å². The van der Waals surface area contributed by atoms with Crippen LogP contribution in [-0.2, 0) is 4.74 Å². The molecule has 2 aromatic rings. The number of benzene rings is 2. The molecule has 0 aromatic heterocycles. The fraction of sp³-hybridized carbons (Fsp3) is 0.435. The van der Waals surface area contributed by atoms with E-state index in [1.807, 2.05) is 0 Å². The molecule has 1 atom stereocenters. The van der Waals surface area contributed by atoms with Crippen LogP contribution in [0.3, 0.4) is 0 Å². The fourth-order valence-electron chi connectivity index (χ4n) is 3.52. The van der Waals surface area contributed by atoms with Crippen molar-refractivity contribution in [3.63, 3.8) is 0 Å². The summed E-state index contributed by atoms with van der Waals surface area (Å²) in [7, 11) is 1.34. The zero-order chi connectivity index (χ0) is 20.8. The summed E-state index contributed by atoms with van der Waals surface area (Å²) in [5, 5.41) is 10.4. The molecule has 1 N–H and O–H groups in total. The van der Waals surface area contributed by atoms with E-state index in [4.69, 9.17) is 9.47 Å². The van der Waals surface area contributed by atoms with Crippen molar-refractivity contribution in [2.45, 2.75) is 20.0 Å². The maximum absolute atomic E-state index is 11.8. The third-order valence-corrected chi connectivity index (χ3v) is 5.42. The molecular formula is C23H32Cl2N2O4. The van der Waals surface area contributed by atoms with Gasteiger partial charge in [-0.05, 0) is 49.2 Å². The number of methoxy groups -OCH3 is 1. The number of carbonyl (C=O) groups is 1. The van der Waals surface area contributed by atoms with Crippen molar-refractivity contribution < 1.29 is 19.4 Å². The zero-order valence-corrected chi connectivity index (χ0v) is 19.9. The van der Waals surface area contributed by atoms with Crippen LogP contribution in [0.1, 0.15) is 21.5 Å². The molecule has 1 aliphatic rings. The summed E-state index contributed by atoms with van der Waals surface area (Å²) >= 11 is 0. The van der Waals surface area contributed by atoms with Crippen molar-refractivity contribution in [2.24, 2.45) is 0 Å². The van der Waals surface area contributed by atoms with Crippen LogP contribution in [0.15, 0.2) is 42.5 Å². The van der Waals surface area contributed by atoms with Crippen LogP contribution in [0.25, 0.3) is 0 Å². The number of piperazine rings is 1. The number of aryl methyl sites for hydroxylation is 2. The normalized spacial score (nSPS) is 14.8. The van der Waals surface area contributed by atoms with E-state index in [9.17, 15) is 9.90 Å². The van der Waals surface area contributed by atoms with E-state index in [2.05, 4.69) is 41.8 Å². The molecule has 8 heteroatoms. The first-order chi connectivity index (χ1) is 14.0. The van der Waals surface area contributed by atoms with E-state index in [1.54, 1.807) is 24.3 Å². The molecule has 0 radical (unpaired) electrons. The summed E-state index contributed by atoms with van der Waals surface area (Å²) in [6, 6.07) is 13.5. The first kappa shape index (κ1) is 27.0. The molecular weight excluding hydrogens is 439 g/mol. The highest BCUT2D eigenvalue weighted by molar-refractivity contribution is 5.92. The first-order valence-corrected chi connectivity index (χ1v) is 10.0. The van der Waals surface area contributed by atoms with Gasteiger partial charge in [-0.2, -0.15) is 0 Å². The van der Waals surface area contributed by atoms with Gasteiger partial charge < -0.3 is 19.5 Å². The van der Waals surface area contributed by atoms with Gasteiger partial charge in [-0.1, -0.05) is 18.2 Å². The summed E-state index contributed by atoms with van der Waals surface area (Å²) in [5.41, 5.74) is 4.24. The number of nitrogens with zero attached hydrogens (tertiary/aromatic N) is 2. The van der Waals surface area contributed by atoms with Gasteiger partial charge in [0.25, 0.3) is 0 Å². The first-order valence-electron chi connectivity index (χ1n) is 10.0. The maximum Gasteiger partial charge on any atom is 0.341 e. The molecule has 6 nitrogen and oxygen atoms in total. The van der Waals surface area contributed by atoms with E-state index < -0.39 is 12.1 Å². The quantitative estimate of drug-likeness (QED) is 0.624. The van der Waals surface area contributed by atoms with Crippen molar-refractivity contribution in [3.8, 4) is 5.75 Å². The maximum atomic E-state index is 11.8. The minimum absolute atomic E-state index is 0. The van der Waals surface area contributed by atoms with Crippen LogP contribution in [0.2, 0.25) is 0 Å². The number of carbonyl (C=O) groups excluding carboxylic acids is 1. The second-order valence-electron chi connectivity index (χ2n) is 7.51. The fourth-order valence-corrected chi connectivity index (χ4v) is 3.52. The molecule has 1 heterocycles. The van der Waals surface area contributed by atoms with Crippen molar-refractivity contribution in [3.05, 3.63) is 59.2 Å². The monoisotopic (exact) mass is 470 g/mol. The smallest absolute Gasteiger partial charge is 0.341 e. The van der Waals surface area contributed by atoms with Crippen LogP contribution < -0.4 is 9.64 Å². The Morgan fingerprint density at radius 2 is 1.71 bits per heavy atom. The van der Waals surface area contributed by atoms with Gasteiger partial charge in [0.1, 0.15) is 24.0 Å². The molecule has 0 amide bonds. The van der Waals surface area contributed by atoms with Crippen molar-refractivity contribution >= 4 is 36.5 Å². The molecule has 0 aliphatic carbocycles. The SMILES string of the molecule is COC(=O)c1ccccc1OCC(O)CN1CCN(c2ccc(C)c(C)c2)CC1.Cl.Cl. The summed E-state index contributed by atoms with van der Waals surface area (Å²) in [4.78, 5) is 16.4. The number of rotatable bonds is 7. The van der Waals surface area contributed by atoms with Crippen LogP contribution in [-0.4, -0.2) is 68.5 Å². The van der Waals surface area contributed by atoms with E-state index in [0.29, 0.717) is 17.9 Å². The molecule has 0 bridgehead atoms. The van der Waals surface area contributed by atoms with Crippen molar-refractivity contribution in [1.29, 1.82) is 0 Å². The Bertz CT molecular complexity index is 842. The number of hydrogen-bond donors (Lipinski definition) is 1. The van der Waals surface area contributed by atoms with Gasteiger partial charge in [0.05, 0.1) is 7.11 Å².